The Kier molecular flexibility index (Phi) is 5.68. The Hall–Kier alpha value is -3.16. The maximum atomic E-state index is 13.4. The number of fused-ring (bicyclic) bond motifs is 2. The van der Waals surface area contributed by atoms with Gasteiger partial charge >= 0.3 is 0 Å². The van der Waals surface area contributed by atoms with Gasteiger partial charge < -0.3 is 10.2 Å². The first kappa shape index (κ1) is 20.7. The van der Waals surface area contributed by atoms with Crippen molar-refractivity contribution >= 4 is 50.8 Å². The maximum Gasteiger partial charge on any atom is 0.254 e. The van der Waals surface area contributed by atoms with Crippen LogP contribution < -0.4 is 5.32 Å². The first-order valence-corrected chi connectivity index (χ1v) is 12.3. The molecule has 0 saturated heterocycles. The molecular formula is C25H21N3O2S2. The summed E-state index contributed by atoms with van der Waals surface area (Å²) >= 11 is 3.21. The molecule has 5 rings (SSSR count). The molecule has 1 N–H and O–H groups in total. The minimum Gasteiger partial charge on any atom is -0.324 e. The second-order valence-corrected chi connectivity index (χ2v) is 9.73. The lowest BCUT2D eigenvalue weighted by atomic mass is 9.92. The molecule has 0 bridgehead atoms. The number of carbonyl (C=O) groups excluding carboxylic acids is 2. The Labute approximate surface area is 194 Å². The van der Waals surface area contributed by atoms with Gasteiger partial charge in [0.15, 0.2) is 4.34 Å². The number of anilines is 1. The molecule has 0 aliphatic carbocycles. The molecule has 0 saturated carbocycles. The number of aromatic nitrogens is 1. The van der Waals surface area contributed by atoms with Gasteiger partial charge in [0, 0.05) is 24.2 Å². The average Bonchev–Trinajstić information content (AvgIpc) is 3.26. The Bertz CT molecular complexity index is 1300. The van der Waals surface area contributed by atoms with E-state index >= 15 is 0 Å². The highest BCUT2D eigenvalue weighted by molar-refractivity contribution is 8.00. The van der Waals surface area contributed by atoms with Crippen LogP contribution in [0.25, 0.3) is 10.2 Å². The van der Waals surface area contributed by atoms with Crippen LogP contribution >= 0.6 is 23.1 Å². The summed E-state index contributed by atoms with van der Waals surface area (Å²) in [5.74, 6) is -0.319. The van der Waals surface area contributed by atoms with Crippen LogP contribution in [-0.4, -0.2) is 34.0 Å². The first-order valence-electron chi connectivity index (χ1n) is 10.3. The summed E-state index contributed by atoms with van der Waals surface area (Å²) in [5, 5.41) is 3.04. The molecule has 0 spiro atoms. The summed E-state index contributed by atoms with van der Waals surface area (Å²) < 4.78 is 2.02. The lowest BCUT2D eigenvalue weighted by Crippen LogP contribution is -2.50. The van der Waals surface area contributed by atoms with Gasteiger partial charge in [-0.1, -0.05) is 54.2 Å². The van der Waals surface area contributed by atoms with Crippen LogP contribution in [0.5, 0.6) is 0 Å². The molecule has 1 aromatic heterocycles. The van der Waals surface area contributed by atoms with E-state index in [9.17, 15) is 9.59 Å². The van der Waals surface area contributed by atoms with E-state index in [2.05, 4.69) is 10.3 Å². The van der Waals surface area contributed by atoms with E-state index in [0.29, 0.717) is 24.2 Å². The molecule has 4 aromatic rings. The molecule has 7 heteroatoms. The highest BCUT2D eigenvalue weighted by Crippen LogP contribution is 2.31. The van der Waals surface area contributed by atoms with Crippen LogP contribution in [0.15, 0.2) is 77.1 Å². The van der Waals surface area contributed by atoms with Gasteiger partial charge in [0.2, 0.25) is 5.91 Å². The van der Waals surface area contributed by atoms with Crippen molar-refractivity contribution in [3.8, 4) is 0 Å². The van der Waals surface area contributed by atoms with E-state index in [1.165, 1.54) is 0 Å². The number of amides is 2. The van der Waals surface area contributed by atoms with Crippen molar-refractivity contribution in [1.82, 2.24) is 9.88 Å². The lowest BCUT2D eigenvalue weighted by molar-refractivity contribution is -0.121. The van der Waals surface area contributed by atoms with Crippen LogP contribution in [0.4, 0.5) is 5.69 Å². The predicted octanol–water partition coefficient (Wildman–Crippen LogP) is 5.22. The van der Waals surface area contributed by atoms with Crippen LogP contribution in [0.1, 0.15) is 21.5 Å². The van der Waals surface area contributed by atoms with E-state index in [0.717, 1.165) is 25.7 Å². The summed E-state index contributed by atoms with van der Waals surface area (Å²) in [4.78, 5) is 33.0. The minimum absolute atomic E-state index is 0.136. The molecule has 2 amide bonds. The van der Waals surface area contributed by atoms with Gasteiger partial charge in [0.1, 0.15) is 6.04 Å². The predicted molar refractivity (Wildman–Crippen MR) is 130 cm³/mol. The number of carbonyl (C=O) groups is 2. The van der Waals surface area contributed by atoms with Gasteiger partial charge in [-0.15, -0.1) is 11.3 Å². The Morgan fingerprint density at radius 3 is 2.56 bits per heavy atom. The summed E-state index contributed by atoms with van der Waals surface area (Å²) in [6, 6.07) is 22.3. The van der Waals surface area contributed by atoms with Crippen molar-refractivity contribution in [3.05, 3.63) is 89.5 Å². The number of nitrogens with zero attached hydrogens (tertiary/aromatic N) is 2. The Morgan fingerprint density at radius 1 is 1.03 bits per heavy atom. The zero-order valence-corrected chi connectivity index (χ0v) is 19.1. The van der Waals surface area contributed by atoms with Gasteiger partial charge in [-0.05, 0) is 47.7 Å². The summed E-state index contributed by atoms with van der Waals surface area (Å²) in [6.07, 6.45) is 2.49. The fraction of sp³-hybridized carbons (Fsp3) is 0.160. The van der Waals surface area contributed by atoms with Gasteiger partial charge in [0.05, 0.1) is 10.2 Å². The number of hydrogen-bond donors (Lipinski definition) is 1. The number of benzene rings is 3. The second-order valence-electron chi connectivity index (χ2n) is 7.64. The summed E-state index contributed by atoms with van der Waals surface area (Å²) in [7, 11) is 0. The second kappa shape index (κ2) is 8.76. The van der Waals surface area contributed by atoms with E-state index < -0.39 is 6.04 Å². The third-order valence-electron chi connectivity index (χ3n) is 5.64. The zero-order valence-electron chi connectivity index (χ0n) is 17.4. The molecule has 1 atom stereocenters. The Morgan fingerprint density at radius 2 is 1.78 bits per heavy atom. The molecule has 1 aliphatic heterocycles. The van der Waals surface area contributed by atoms with Gasteiger partial charge in [-0.2, -0.15) is 0 Å². The minimum atomic E-state index is -0.587. The third-order valence-corrected chi connectivity index (χ3v) is 7.65. The van der Waals surface area contributed by atoms with Crippen molar-refractivity contribution in [2.45, 2.75) is 23.3 Å². The van der Waals surface area contributed by atoms with Gasteiger partial charge in [-0.3, -0.25) is 9.59 Å². The topological polar surface area (TPSA) is 62.3 Å². The highest BCUT2D eigenvalue weighted by Gasteiger charge is 2.35. The number of hydrogen-bond acceptors (Lipinski definition) is 5. The van der Waals surface area contributed by atoms with Gasteiger partial charge in [-0.25, -0.2) is 4.98 Å². The molecule has 1 aliphatic rings. The quantitative estimate of drug-likeness (QED) is 0.425. The molecule has 2 heterocycles. The molecular weight excluding hydrogens is 438 g/mol. The molecule has 5 nitrogen and oxygen atoms in total. The van der Waals surface area contributed by atoms with Crippen LogP contribution in [-0.2, 0) is 17.8 Å². The standard InChI is InChI=1S/C25H21N3O2S2/c1-31-25-27-20-12-11-19(14-22(20)32-25)26-23(29)21-13-17-9-5-6-10-18(17)15-28(21)24(30)16-7-3-2-4-8-16/h2-12,14,21H,13,15H2,1H3,(H,26,29). The maximum absolute atomic E-state index is 13.4. The van der Waals surface area contributed by atoms with Crippen molar-refractivity contribution in [3.63, 3.8) is 0 Å². The SMILES string of the molecule is CSc1nc2ccc(NC(=O)C3Cc4ccccc4CN3C(=O)c3ccccc3)cc2s1. The number of rotatable bonds is 4. The molecule has 0 fully saturated rings. The highest BCUT2D eigenvalue weighted by atomic mass is 32.2. The fourth-order valence-electron chi connectivity index (χ4n) is 4.01. The Balaban J connectivity index is 1.44. The monoisotopic (exact) mass is 459 g/mol. The molecule has 160 valence electrons. The van der Waals surface area contributed by atoms with Crippen LogP contribution in [0.2, 0.25) is 0 Å². The molecule has 0 radical (unpaired) electrons. The average molecular weight is 460 g/mol. The van der Waals surface area contributed by atoms with Crippen molar-refractivity contribution in [2.75, 3.05) is 11.6 Å². The van der Waals surface area contributed by atoms with E-state index in [-0.39, 0.29) is 11.8 Å². The smallest absolute Gasteiger partial charge is 0.254 e. The lowest BCUT2D eigenvalue weighted by Gasteiger charge is -2.36. The van der Waals surface area contributed by atoms with Crippen molar-refractivity contribution in [2.24, 2.45) is 0 Å². The van der Waals surface area contributed by atoms with E-state index in [1.807, 2.05) is 66.9 Å². The summed E-state index contributed by atoms with van der Waals surface area (Å²) in [5.41, 5.74) is 4.40. The van der Waals surface area contributed by atoms with Gasteiger partial charge in [0.25, 0.3) is 5.91 Å². The third kappa shape index (κ3) is 4.01. The first-order chi connectivity index (χ1) is 15.6. The van der Waals surface area contributed by atoms with E-state index in [1.54, 1.807) is 40.1 Å². The molecule has 1 unspecified atom stereocenters. The van der Waals surface area contributed by atoms with E-state index in [4.69, 9.17) is 0 Å². The van der Waals surface area contributed by atoms with Crippen molar-refractivity contribution in [1.29, 1.82) is 0 Å². The molecule has 3 aromatic carbocycles. The number of thioether (sulfide) groups is 1. The summed E-state index contributed by atoms with van der Waals surface area (Å²) in [6.45, 7) is 0.410. The van der Waals surface area contributed by atoms with Crippen molar-refractivity contribution < 1.29 is 9.59 Å². The largest absolute Gasteiger partial charge is 0.324 e. The number of nitrogens with one attached hydrogen (secondary N) is 1. The zero-order chi connectivity index (χ0) is 22.1. The molecule has 32 heavy (non-hydrogen) atoms. The van der Waals surface area contributed by atoms with Crippen LogP contribution in [0.3, 0.4) is 0 Å². The normalized spacial score (nSPS) is 15.4. The number of thiazole rings is 1. The fourth-order valence-corrected chi connectivity index (χ4v) is 5.54. The van der Waals surface area contributed by atoms with Crippen LogP contribution in [0, 0.1) is 0 Å².